The van der Waals surface area contributed by atoms with Crippen molar-refractivity contribution in [1.82, 2.24) is 0 Å². The van der Waals surface area contributed by atoms with Gasteiger partial charge in [0.2, 0.25) is 0 Å². The lowest BCUT2D eigenvalue weighted by molar-refractivity contribution is 0.593. The Morgan fingerprint density at radius 2 is 0.833 bits per heavy atom. The first kappa shape index (κ1) is 27.2. The number of unbranched alkanes of at least 4 members (excludes halogenated alkanes) is 6. The van der Waals surface area contributed by atoms with Crippen molar-refractivity contribution in [3.05, 3.63) is 106 Å². The Morgan fingerprint density at radius 3 is 1.19 bits per heavy atom. The van der Waals surface area contributed by atoms with Crippen molar-refractivity contribution in [2.75, 3.05) is 0 Å². The fraction of sp³-hybridized carbons (Fsp3) is 0.353. The predicted molar refractivity (Wildman–Crippen MR) is 147 cm³/mol. The van der Waals surface area contributed by atoms with E-state index < -0.39 is 0 Å². The van der Waals surface area contributed by atoms with Crippen LogP contribution in [0.25, 0.3) is 0 Å². The van der Waals surface area contributed by atoms with E-state index in [1.54, 1.807) is 0 Å². The molecule has 0 bridgehead atoms. The monoisotopic (exact) mass is 482 g/mol. The summed E-state index contributed by atoms with van der Waals surface area (Å²) in [5.41, 5.74) is 4.54. The minimum Gasteiger partial charge on any atom is -0.207 e. The average Bonchev–Trinajstić information content (AvgIpc) is 2.89. The first-order chi connectivity index (χ1) is 17.6. The first-order valence-electron chi connectivity index (χ1n) is 13.3. The molecule has 3 rings (SSSR count). The minimum absolute atomic E-state index is 0.176. The molecule has 0 atom stereocenters. The fourth-order valence-electron chi connectivity index (χ4n) is 4.07. The largest absolute Gasteiger partial charge is 0.207 e. The number of rotatable bonds is 10. The van der Waals surface area contributed by atoms with E-state index in [1.165, 1.54) is 37.8 Å². The van der Waals surface area contributed by atoms with Crippen molar-refractivity contribution in [3.63, 3.8) is 0 Å². The molecule has 0 spiro atoms. The Morgan fingerprint density at radius 1 is 0.472 bits per heavy atom. The van der Waals surface area contributed by atoms with Crippen molar-refractivity contribution in [1.29, 1.82) is 0 Å². The zero-order chi connectivity index (χ0) is 25.6. The van der Waals surface area contributed by atoms with Gasteiger partial charge in [0.1, 0.15) is 11.6 Å². The van der Waals surface area contributed by atoms with Crippen LogP contribution in [0, 0.1) is 35.3 Å². The highest BCUT2D eigenvalue weighted by Crippen LogP contribution is 2.15. The van der Waals surface area contributed by atoms with Gasteiger partial charge in [-0.1, -0.05) is 88.2 Å². The third kappa shape index (κ3) is 9.02. The third-order valence-corrected chi connectivity index (χ3v) is 6.29. The molecular weight excluding hydrogens is 446 g/mol. The molecule has 3 aromatic rings. The smallest absolute Gasteiger partial charge is 0.127 e. The van der Waals surface area contributed by atoms with E-state index in [1.807, 2.05) is 48.5 Å². The van der Waals surface area contributed by atoms with Crippen LogP contribution in [0.4, 0.5) is 8.78 Å². The summed E-state index contributed by atoms with van der Waals surface area (Å²) in [4.78, 5) is 0. The topological polar surface area (TPSA) is 0 Å². The number of halogens is 2. The summed E-state index contributed by atoms with van der Waals surface area (Å²) in [6, 6.07) is 18.1. The summed E-state index contributed by atoms with van der Waals surface area (Å²) < 4.78 is 28.8. The Kier molecular flexibility index (Phi) is 11.3. The fourth-order valence-corrected chi connectivity index (χ4v) is 4.07. The molecule has 186 valence electrons. The van der Waals surface area contributed by atoms with Gasteiger partial charge in [-0.2, -0.15) is 0 Å². The molecule has 3 aromatic carbocycles. The van der Waals surface area contributed by atoms with Gasteiger partial charge in [0.15, 0.2) is 0 Å². The molecule has 0 aliphatic rings. The maximum absolute atomic E-state index is 14.4. The second kappa shape index (κ2) is 14.9. The van der Waals surface area contributed by atoms with Crippen LogP contribution in [0.1, 0.15) is 98.6 Å². The molecule has 36 heavy (non-hydrogen) atoms. The molecule has 0 amide bonds. The van der Waals surface area contributed by atoms with Crippen LogP contribution in [-0.2, 0) is 12.8 Å². The van der Waals surface area contributed by atoms with Gasteiger partial charge < -0.3 is 0 Å². The van der Waals surface area contributed by atoms with Gasteiger partial charge in [0.25, 0.3) is 0 Å². The van der Waals surface area contributed by atoms with E-state index in [0.29, 0.717) is 11.1 Å². The van der Waals surface area contributed by atoms with Crippen LogP contribution in [0.2, 0.25) is 0 Å². The second-order valence-electron chi connectivity index (χ2n) is 9.31. The molecule has 0 radical (unpaired) electrons. The summed E-state index contributed by atoms with van der Waals surface area (Å²) in [6.07, 6.45) is 10.6. The normalized spacial score (nSPS) is 10.3. The molecule has 2 heteroatoms. The number of aryl methyl sites for hydroxylation is 2. The van der Waals surface area contributed by atoms with Crippen LogP contribution in [0.5, 0.6) is 0 Å². The molecule has 0 N–H and O–H groups in total. The van der Waals surface area contributed by atoms with Crippen molar-refractivity contribution in [3.8, 4) is 23.7 Å². The lowest BCUT2D eigenvalue weighted by Gasteiger charge is -2.03. The third-order valence-electron chi connectivity index (χ3n) is 6.29. The molecule has 0 heterocycles. The van der Waals surface area contributed by atoms with E-state index in [-0.39, 0.29) is 11.6 Å². The predicted octanol–water partition coefficient (Wildman–Crippen LogP) is 9.01. The van der Waals surface area contributed by atoms with E-state index in [0.717, 1.165) is 60.8 Å². The first-order valence-corrected chi connectivity index (χ1v) is 13.3. The molecule has 0 nitrogen and oxygen atoms in total. The van der Waals surface area contributed by atoms with E-state index in [9.17, 15) is 8.78 Å². The van der Waals surface area contributed by atoms with Crippen molar-refractivity contribution in [2.45, 2.75) is 78.1 Å². The second-order valence-corrected chi connectivity index (χ2v) is 9.31. The molecule has 0 saturated heterocycles. The summed E-state index contributed by atoms with van der Waals surface area (Å²) in [7, 11) is 0. The Bertz CT molecular complexity index is 1130. The molecule has 0 aliphatic carbocycles. The SMILES string of the molecule is CCCCCCc1ccc(C#Cc2ccc(C#Cc3ccc(CCCCCC)c(F)c3)cc2)cc1F. The van der Waals surface area contributed by atoms with Gasteiger partial charge in [-0.25, -0.2) is 8.78 Å². The highest BCUT2D eigenvalue weighted by Gasteiger charge is 2.04. The van der Waals surface area contributed by atoms with Crippen LogP contribution < -0.4 is 0 Å². The van der Waals surface area contributed by atoms with E-state index in [2.05, 4.69) is 37.5 Å². The Balaban J connectivity index is 1.58. The molecule has 0 unspecified atom stereocenters. The summed E-state index contributed by atoms with van der Waals surface area (Å²) in [5, 5.41) is 0. The maximum atomic E-state index is 14.4. The molecule has 0 saturated carbocycles. The zero-order valence-electron chi connectivity index (χ0n) is 21.6. The molecule has 0 fully saturated rings. The molecular formula is C34H36F2. The molecule has 0 aromatic heterocycles. The van der Waals surface area contributed by atoms with Gasteiger partial charge in [-0.05, 0) is 85.3 Å². The van der Waals surface area contributed by atoms with Gasteiger partial charge in [0, 0.05) is 22.3 Å². The van der Waals surface area contributed by atoms with Gasteiger partial charge in [-0.3, -0.25) is 0 Å². The van der Waals surface area contributed by atoms with Crippen LogP contribution in [0.15, 0.2) is 60.7 Å². The van der Waals surface area contributed by atoms with Gasteiger partial charge in [0.05, 0.1) is 0 Å². The quantitative estimate of drug-likeness (QED) is 0.200. The zero-order valence-corrected chi connectivity index (χ0v) is 21.6. The van der Waals surface area contributed by atoms with Crippen molar-refractivity contribution >= 4 is 0 Å². The summed E-state index contributed by atoms with van der Waals surface area (Å²) in [5.74, 6) is 11.9. The molecule has 0 aliphatic heterocycles. The van der Waals surface area contributed by atoms with Gasteiger partial charge >= 0.3 is 0 Å². The van der Waals surface area contributed by atoms with Crippen LogP contribution in [0.3, 0.4) is 0 Å². The summed E-state index contributed by atoms with van der Waals surface area (Å²) >= 11 is 0. The minimum atomic E-state index is -0.176. The Labute approximate surface area is 216 Å². The lowest BCUT2D eigenvalue weighted by Crippen LogP contribution is -1.92. The number of benzene rings is 3. The van der Waals surface area contributed by atoms with E-state index >= 15 is 0 Å². The van der Waals surface area contributed by atoms with Gasteiger partial charge in [-0.15, -0.1) is 0 Å². The maximum Gasteiger partial charge on any atom is 0.127 e. The van der Waals surface area contributed by atoms with Crippen molar-refractivity contribution in [2.24, 2.45) is 0 Å². The van der Waals surface area contributed by atoms with Crippen molar-refractivity contribution < 1.29 is 8.78 Å². The highest BCUT2D eigenvalue weighted by molar-refractivity contribution is 5.48. The Hall–Kier alpha value is -3.36. The number of hydrogen-bond donors (Lipinski definition) is 0. The summed E-state index contributed by atoms with van der Waals surface area (Å²) in [6.45, 7) is 4.35. The average molecular weight is 483 g/mol. The van der Waals surface area contributed by atoms with Crippen LogP contribution >= 0.6 is 0 Å². The van der Waals surface area contributed by atoms with Crippen LogP contribution in [-0.4, -0.2) is 0 Å². The van der Waals surface area contributed by atoms with E-state index in [4.69, 9.17) is 0 Å². The standard InChI is InChI=1S/C34H36F2/c1-3-5-7-9-11-31-23-21-29(25-33(31)35)19-17-27-13-15-28(16-14-27)18-20-30-22-24-32(34(36)26-30)12-10-8-6-4-2/h13-16,21-26H,3-12H2,1-2H3. The number of hydrogen-bond acceptors (Lipinski definition) is 0. The highest BCUT2D eigenvalue weighted by atomic mass is 19.1. The lowest BCUT2D eigenvalue weighted by atomic mass is 10.0.